The molecule has 1 aliphatic rings. The molecule has 1 aromatic carbocycles. The summed E-state index contributed by atoms with van der Waals surface area (Å²) in [6, 6.07) is 6.60. The summed E-state index contributed by atoms with van der Waals surface area (Å²) >= 11 is 0. The SMILES string of the molecule is CC(C)(N)C(=O)N1CCCN(Cc2ccc(F)cc2)CC1.Cl.Cl. The average Bonchev–Trinajstić information content (AvgIpc) is 2.65. The van der Waals surface area contributed by atoms with Gasteiger partial charge in [0.05, 0.1) is 5.54 Å². The maximum Gasteiger partial charge on any atom is 0.242 e. The van der Waals surface area contributed by atoms with Crippen LogP contribution in [0.15, 0.2) is 24.3 Å². The number of nitrogens with zero attached hydrogens (tertiary/aromatic N) is 2. The number of hydrogen-bond donors (Lipinski definition) is 1. The van der Waals surface area contributed by atoms with Gasteiger partial charge in [-0.15, -0.1) is 24.8 Å². The van der Waals surface area contributed by atoms with Crippen LogP contribution in [0.25, 0.3) is 0 Å². The average molecular weight is 366 g/mol. The Bertz CT molecular complexity index is 491. The van der Waals surface area contributed by atoms with Crippen molar-refractivity contribution in [3.63, 3.8) is 0 Å². The Labute approximate surface area is 150 Å². The van der Waals surface area contributed by atoms with Gasteiger partial charge >= 0.3 is 0 Å². The number of hydrogen-bond acceptors (Lipinski definition) is 3. The molecule has 4 nitrogen and oxygen atoms in total. The van der Waals surface area contributed by atoms with E-state index in [1.165, 1.54) is 12.1 Å². The van der Waals surface area contributed by atoms with E-state index in [-0.39, 0.29) is 36.5 Å². The number of rotatable bonds is 3. The van der Waals surface area contributed by atoms with E-state index < -0.39 is 5.54 Å². The quantitative estimate of drug-likeness (QED) is 0.894. The van der Waals surface area contributed by atoms with Gasteiger partial charge < -0.3 is 10.6 Å². The van der Waals surface area contributed by atoms with Gasteiger partial charge in [-0.05, 0) is 38.0 Å². The van der Waals surface area contributed by atoms with Crippen molar-refractivity contribution in [2.75, 3.05) is 26.2 Å². The van der Waals surface area contributed by atoms with Gasteiger partial charge in [-0.25, -0.2) is 4.39 Å². The zero-order valence-corrected chi connectivity index (χ0v) is 15.3. The lowest BCUT2D eigenvalue weighted by Crippen LogP contribution is -2.52. The van der Waals surface area contributed by atoms with Crippen molar-refractivity contribution in [2.45, 2.75) is 32.4 Å². The largest absolute Gasteiger partial charge is 0.340 e. The number of carbonyl (C=O) groups excluding carboxylic acids is 1. The summed E-state index contributed by atoms with van der Waals surface area (Å²) in [5.41, 5.74) is 6.17. The molecule has 1 heterocycles. The van der Waals surface area contributed by atoms with E-state index in [0.717, 1.165) is 38.2 Å². The van der Waals surface area contributed by atoms with Gasteiger partial charge in [-0.2, -0.15) is 0 Å². The Morgan fingerprint density at radius 3 is 2.30 bits per heavy atom. The van der Waals surface area contributed by atoms with Crippen LogP contribution in [-0.2, 0) is 11.3 Å². The molecule has 1 saturated heterocycles. The van der Waals surface area contributed by atoms with Crippen molar-refractivity contribution in [3.8, 4) is 0 Å². The monoisotopic (exact) mass is 365 g/mol. The summed E-state index contributed by atoms with van der Waals surface area (Å²) in [4.78, 5) is 16.4. The zero-order chi connectivity index (χ0) is 15.5. The minimum absolute atomic E-state index is 0. The molecule has 1 aliphatic heterocycles. The van der Waals surface area contributed by atoms with Crippen LogP contribution >= 0.6 is 24.8 Å². The first-order valence-electron chi connectivity index (χ1n) is 7.41. The topological polar surface area (TPSA) is 49.6 Å². The minimum Gasteiger partial charge on any atom is -0.340 e. The first-order valence-corrected chi connectivity index (χ1v) is 7.41. The van der Waals surface area contributed by atoms with Crippen LogP contribution in [0.4, 0.5) is 4.39 Å². The Morgan fingerprint density at radius 1 is 1.13 bits per heavy atom. The summed E-state index contributed by atoms with van der Waals surface area (Å²) in [5.74, 6) is -0.206. The van der Waals surface area contributed by atoms with E-state index in [2.05, 4.69) is 4.90 Å². The fraction of sp³-hybridized carbons (Fsp3) is 0.562. The van der Waals surface area contributed by atoms with Crippen LogP contribution in [0.5, 0.6) is 0 Å². The smallest absolute Gasteiger partial charge is 0.242 e. The second-order valence-electron chi connectivity index (χ2n) is 6.27. The van der Waals surface area contributed by atoms with E-state index >= 15 is 0 Å². The number of amides is 1. The highest BCUT2D eigenvalue weighted by Crippen LogP contribution is 2.12. The molecule has 2 rings (SSSR count). The molecule has 132 valence electrons. The molecule has 0 aromatic heterocycles. The Morgan fingerprint density at radius 2 is 1.74 bits per heavy atom. The number of carbonyl (C=O) groups is 1. The van der Waals surface area contributed by atoms with Crippen LogP contribution in [0.3, 0.4) is 0 Å². The fourth-order valence-electron chi connectivity index (χ4n) is 2.59. The van der Waals surface area contributed by atoms with Crippen molar-refractivity contribution in [3.05, 3.63) is 35.6 Å². The molecule has 0 radical (unpaired) electrons. The summed E-state index contributed by atoms with van der Waals surface area (Å²) < 4.78 is 12.9. The van der Waals surface area contributed by atoms with Crippen LogP contribution in [-0.4, -0.2) is 47.4 Å². The molecule has 7 heteroatoms. The molecule has 0 spiro atoms. The lowest BCUT2D eigenvalue weighted by atomic mass is 10.1. The van der Waals surface area contributed by atoms with Crippen molar-refractivity contribution in [2.24, 2.45) is 5.73 Å². The Kier molecular flexibility index (Phi) is 9.06. The third kappa shape index (κ3) is 6.63. The van der Waals surface area contributed by atoms with Crippen LogP contribution in [0.2, 0.25) is 0 Å². The maximum atomic E-state index is 12.9. The van der Waals surface area contributed by atoms with Crippen molar-refractivity contribution in [1.82, 2.24) is 9.80 Å². The Balaban J connectivity index is 0.00000242. The summed E-state index contributed by atoms with van der Waals surface area (Å²) in [7, 11) is 0. The number of nitrogens with two attached hydrogens (primary N) is 1. The number of halogens is 3. The molecule has 0 unspecified atom stereocenters. The standard InChI is InChI=1S/C16H24FN3O.2ClH/c1-16(2,18)15(21)20-9-3-8-19(10-11-20)12-13-4-6-14(17)7-5-13;;/h4-7H,3,8-12,18H2,1-2H3;2*1H. The van der Waals surface area contributed by atoms with Crippen molar-refractivity contribution >= 4 is 30.7 Å². The fourth-order valence-corrected chi connectivity index (χ4v) is 2.59. The highest BCUT2D eigenvalue weighted by Gasteiger charge is 2.28. The molecule has 1 amide bonds. The predicted octanol–water partition coefficient (Wildman–Crippen LogP) is 2.44. The van der Waals surface area contributed by atoms with Gasteiger partial charge in [0.25, 0.3) is 0 Å². The van der Waals surface area contributed by atoms with Crippen molar-refractivity contribution < 1.29 is 9.18 Å². The third-order valence-electron chi connectivity index (χ3n) is 3.75. The molecule has 1 fully saturated rings. The molecule has 23 heavy (non-hydrogen) atoms. The molecular weight excluding hydrogens is 340 g/mol. The van der Waals surface area contributed by atoms with E-state index in [1.807, 2.05) is 17.0 Å². The molecule has 1 aromatic rings. The summed E-state index contributed by atoms with van der Waals surface area (Å²) in [6.45, 7) is 7.48. The maximum absolute atomic E-state index is 12.9. The van der Waals surface area contributed by atoms with Gasteiger partial charge in [-0.1, -0.05) is 12.1 Å². The molecule has 0 atom stereocenters. The van der Waals surface area contributed by atoms with Crippen LogP contribution in [0, 0.1) is 5.82 Å². The lowest BCUT2D eigenvalue weighted by Gasteiger charge is -2.28. The van der Waals surface area contributed by atoms with Gasteiger partial charge in [0.15, 0.2) is 0 Å². The van der Waals surface area contributed by atoms with E-state index in [9.17, 15) is 9.18 Å². The zero-order valence-electron chi connectivity index (χ0n) is 13.6. The molecule has 0 aliphatic carbocycles. The van der Waals surface area contributed by atoms with Crippen LogP contribution in [0.1, 0.15) is 25.8 Å². The Hall–Kier alpha value is -0.880. The third-order valence-corrected chi connectivity index (χ3v) is 3.75. The highest BCUT2D eigenvalue weighted by atomic mass is 35.5. The first kappa shape index (κ1) is 22.1. The summed E-state index contributed by atoms with van der Waals surface area (Å²) in [5, 5.41) is 0. The normalized spacial score (nSPS) is 16.1. The van der Waals surface area contributed by atoms with E-state index in [4.69, 9.17) is 5.73 Å². The minimum atomic E-state index is -0.813. The van der Waals surface area contributed by atoms with Gasteiger partial charge in [-0.3, -0.25) is 9.69 Å². The lowest BCUT2D eigenvalue weighted by molar-refractivity contribution is -0.135. The summed E-state index contributed by atoms with van der Waals surface area (Å²) in [6.07, 6.45) is 0.934. The molecule has 0 saturated carbocycles. The van der Waals surface area contributed by atoms with Gasteiger partial charge in [0.1, 0.15) is 5.82 Å². The predicted molar refractivity (Wildman–Crippen MR) is 95.6 cm³/mol. The van der Waals surface area contributed by atoms with Gasteiger partial charge in [0, 0.05) is 32.7 Å². The van der Waals surface area contributed by atoms with Crippen LogP contribution < -0.4 is 5.73 Å². The molecular formula is C16H26Cl2FN3O. The second-order valence-corrected chi connectivity index (χ2v) is 6.27. The van der Waals surface area contributed by atoms with E-state index in [0.29, 0.717) is 6.54 Å². The number of benzene rings is 1. The van der Waals surface area contributed by atoms with Gasteiger partial charge in [0.2, 0.25) is 5.91 Å². The molecule has 2 N–H and O–H groups in total. The van der Waals surface area contributed by atoms with Crippen molar-refractivity contribution in [1.29, 1.82) is 0 Å². The highest BCUT2D eigenvalue weighted by molar-refractivity contribution is 5.86. The first-order chi connectivity index (χ1) is 9.86. The second kappa shape index (κ2) is 9.42. The van der Waals surface area contributed by atoms with E-state index in [1.54, 1.807) is 13.8 Å². The molecule has 0 bridgehead atoms.